The van der Waals surface area contributed by atoms with Crippen LogP contribution in [0.5, 0.6) is 0 Å². The number of halogens is 1. The molecule has 1 saturated carbocycles. The number of carbonyl (C=O) groups excluding carboxylic acids is 3. The summed E-state index contributed by atoms with van der Waals surface area (Å²) in [6, 6.07) is 0.148. The summed E-state index contributed by atoms with van der Waals surface area (Å²) in [5.74, 6) is 0.747. The summed E-state index contributed by atoms with van der Waals surface area (Å²) >= 11 is 0. The lowest BCUT2D eigenvalue weighted by atomic mass is 9.94. The van der Waals surface area contributed by atoms with Gasteiger partial charge < -0.3 is 20.0 Å². The second kappa shape index (κ2) is 8.78. The van der Waals surface area contributed by atoms with Gasteiger partial charge in [-0.1, -0.05) is 0 Å². The van der Waals surface area contributed by atoms with Crippen LogP contribution >= 0.6 is 12.4 Å². The molecule has 0 spiro atoms. The molecule has 4 rings (SSSR count). The maximum Gasteiger partial charge on any atom is 0.236 e. The molecule has 3 aliphatic heterocycles. The largest absolute Gasteiger partial charge is 0.342 e. The molecule has 4 aliphatic rings. The van der Waals surface area contributed by atoms with E-state index in [2.05, 4.69) is 5.32 Å². The average molecular weight is 399 g/mol. The quantitative estimate of drug-likeness (QED) is 0.750. The first-order valence-electron chi connectivity index (χ1n) is 10.2. The van der Waals surface area contributed by atoms with Crippen molar-refractivity contribution >= 4 is 30.1 Å². The molecular formula is C19H31ClN4O3. The third kappa shape index (κ3) is 4.57. The lowest BCUT2D eigenvalue weighted by Crippen LogP contribution is -2.58. The van der Waals surface area contributed by atoms with E-state index in [-0.39, 0.29) is 48.0 Å². The zero-order valence-electron chi connectivity index (χ0n) is 15.9. The smallest absolute Gasteiger partial charge is 0.236 e. The van der Waals surface area contributed by atoms with Gasteiger partial charge in [-0.25, -0.2) is 0 Å². The minimum Gasteiger partial charge on any atom is -0.342 e. The molecule has 3 heterocycles. The van der Waals surface area contributed by atoms with Crippen LogP contribution in [0.4, 0.5) is 0 Å². The van der Waals surface area contributed by atoms with E-state index in [9.17, 15) is 14.4 Å². The molecule has 3 amide bonds. The van der Waals surface area contributed by atoms with E-state index < -0.39 is 0 Å². The van der Waals surface area contributed by atoms with Gasteiger partial charge in [0.2, 0.25) is 17.7 Å². The van der Waals surface area contributed by atoms with Crippen LogP contribution in [0.2, 0.25) is 0 Å². The van der Waals surface area contributed by atoms with Gasteiger partial charge in [0.15, 0.2) is 0 Å². The van der Waals surface area contributed by atoms with Gasteiger partial charge in [0.25, 0.3) is 0 Å². The minimum absolute atomic E-state index is 0. The fourth-order valence-electron chi connectivity index (χ4n) is 4.64. The van der Waals surface area contributed by atoms with Crippen LogP contribution in [-0.2, 0) is 14.4 Å². The molecule has 0 aromatic rings. The van der Waals surface area contributed by atoms with Crippen LogP contribution in [0.3, 0.4) is 0 Å². The molecule has 8 heteroatoms. The zero-order valence-corrected chi connectivity index (χ0v) is 16.7. The Kier molecular flexibility index (Phi) is 6.63. The van der Waals surface area contributed by atoms with Crippen molar-refractivity contribution in [1.29, 1.82) is 0 Å². The van der Waals surface area contributed by atoms with Gasteiger partial charge in [-0.2, -0.15) is 0 Å². The number of amides is 3. The Balaban J connectivity index is 0.00000210. The summed E-state index contributed by atoms with van der Waals surface area (Å²) in [7, 11) is 0. The molecule has 0 aromatic carbocycles. The topological polar surface area (TPSA) is 73.0 Å². The predicted octanol–water partition coefficient (Wildman–Crippen LogP) is 0.480. The fourth-order valence-corrected chi connectivity index (χ4v) is 4.64. The Morgan fingerprint density at radius 1 is 0.852 bits per heavy atom. The third-order valence-corrected chi connectivity index (χ3v) is 6.28. The summed E-state index contributed by atoms with van der Waals surface area (Å²) in [4.78, 5) is 43.5. The molecule has 1 N–H and O–H groups in total. The van der Waals surface area contributed by atoms with Crippen molar-refractivity contribution in [1.82, 2.24) is 20.0 Å². The second-order valence-corrected chi connectivity index (χ2v) is 8.24. The van der Waals surface area contributed by atoms with E-state index >= 15 is 0 Å². The van der Waals surface area contributed by atoms with Crippen LogP contribution in [0.15, 0.2) is 0 Å². The van der Waals surface area contributed by atoms with E-state index in [1.165, 1.54) is 0 Å². The summed E-state index contributed by atoms with van der Waals surface area (Å²) in [5.41, 5.74) is 0. The van der Waals surface area contributed by atoms with Crippen LogP contribution in [0, 0.1) is 11.8 Å². The van der Waals surface area contributed by atoms with Gasteiger partial charge in [0.1, 0.15) is 0 Å². The number of carbonyl (C=O) groups is 3. The van der Waals surface area contributed by atoms with Gasteiger partial charge in [-0.3, -0.25) is 14.4 Å². The Hall–Kier alpha value is -1.34. The Bertz CT molecular complexity index is 583. The van der Waals surface area contributed by atoms with Gasteiger partial charge >= 0.3 is 0 Å². The standard InChI is InChI=1S/C19H30N4O3.ClH/c24-17-11-20-7-10-23(17)16-4-2-9-22(13-16)19(26)15-3-1-8-21(12-15)18(25)14-5-6-14;/h14-16,20H,1-13H2;1H. The molecule has 2 atom stereocenters. The van der Waals surface area contributed by atoms with E-state index in [0.717, 1.165) is 64.7 Å². The van der Waals surface area contributed by atoms with Crippen LogP contribution in [0.25, 0.3) is 0 Å². The summed E-state index contributed by atoms with van der Waals surface area (Å²) in [6.07, 6.45) is 5.75. The summed E-state index contributed by atoms with van der Waals surface area (Å²) in [6.45, 7) is 4.79. The molecule has 0 radical (unpaired) electrons. The molecular weight excluding hydrogens is 368 g/mol. The SMILES string of the molecule is Cl.O=C(C1CC1)N1CCCC(C(=O)N2CCCC(N3CCNCC3=O)C2)C1. The highest BCUT2D eigenvalue weighted by molar-refractivity contribution is 5.85. The number of nitrogens with one attached hydrogen (secondary N) is 1. The molecule has 152 valence electrons. The third-order valence-electron chi connectivity index (χ3n) is 6.28. The van der Waals surface area contributed by atoms with Gasteiger partial charge in [-0.05, 0) is 38.5 Å². The van der Waals surface area contributed by atoms with Crippen molar-refractivity contribution in [2.24, 2.45) is 11.8 Å². The first kappa shape index (κ1) is 20.4. The number of hydrogen-bond donors (Lipinski definition) is 1. The molecule has 4 fully saturated rings. The zero-order chi connectivity index (χ0) is 18.1. The van der Waals surface area contributed by atoms with E-state index in [1.54, 1.807) is 0 Å². The van der Waals surface area contributed by atoms with Crippen molar-refractivity contribution in [3.63, 3.8) is 0 Å². The first-order chi connectivity index (χ1) is 12.6. The van der Waals surface area contributed by atoms with Crippen molar-refractivity contribution in [2.75, 3.05) is 45.8 Å². The molecule has 1 aliphatic carbocycles. The highest BCUT2D eigenvalue weighted by Gasteiger charge is 2.39. The molecule has 3 saturated heterocycles. The Morgan fingerprint density at radius 2 is 1.52 bits per heavy atom. The van der Waals surface area contributed by atoms with Crippen LogP contribution in [0.1, 0.15) is 38.5 Å². The molecule has 27 heavy (non-hydrogen) atoms. The molecule has 2 unspecified atom stereocenters. The van der Waals surface area contributed by atoms with E-state index in [0.29, 0.717) is 19.6 Å². The van der Waals surface area contributed by atoms with Crippen molar-refractivity contribution < 1.29 is 14.4 Å². The highest BCUT2D eigenvalue weighted by Crippen LogP contribution is 2.33. The van der Waals surface area contributed by atoms with Crippen LogP contribution < -0.4 is 5.32 Å². The van der Waals surface area contributed by atoms with Gasteiger partial charge in [-0.15, -0.1) is 12.4 Å². The van der Waals surface area contributed by atoms with Gasteiger partial charge in [0.05, 0.1) is 12.5 Å². The average Bonchev–Trinajstić information content (AvgIpc) is 3.53. The summed E-state index contributed by atoms with van der Waals surface area (Å²) < 4.78 is 0. The summed E-state index contributed by atoms with van der Waals surface area (Å²) in [5, 5.41) is 3.11. The number of rotatable bonds is 3. The number of nitrogens with zero attached hydrogens (tertiary/aromatic N) is 3. The van der Waals surface area contributed by atoms with Crippen molar-refractivity contribution in [3.8, 4) is 0 Å². The second-order valence-electron chi connectivity index (χ2n) is 8.24. The highest BCUT2D eigenvalue weighted by atomic mass is 35.5. The first-order valence-corrected chi connectivity index (χ1v) is 10.2. The van der Waals surface area contributed by atoms with E-state index in [1.807, 2.05) is 14.7 Å². The number of piperidine rings is 2. The normalized spacial score (nSPS) is 29.3. The lowest BCUT2D eigenvalue weighted by Gasteiger charge is -2.43. The van der Waals surface area contributed by atoms with Gasteiger partial charge in [0, 0.05) is 51.2 Å². The van der Waals surface area contributed by atoms with Crippen molar-refractivity contribution in [2.45, 2.75) is 44.6 Å². The molecule has 0 bridgehead atoms. The Morgan fingerprint density at radius 3 is 2.22 bits per heavy atom. The predicted molar refractivity (Wildman–Crippen MR) is 103 cm³/mol. The fraction of sp³-hybridized carbons (Fsp3) is 0.842. The monoisotopic (exact) mass is 398 g/mol. The Labute approximate surface area is 167 Å². The number of piperazine rings is 1. The maximum atomic E-state index is 13.1. The van der Waals surface area contributed by atoms with Crippen LogP contribution in [-0.4, -0.2) is 84.3 Å². The van der Waals surface area contributed by atoms with E-state index in [4.69, 9.17) is 0 Å². The maximum absolute atomic E-state index is 13.1. The number of likely N-dealkylation sites (tertiary alicyclic amines) is 2. The number of hydrogen-bond acceptors (Lipinski definition) is 4. The molecule has 7 nitrogen and oxygen atoms in total. The minimum atomic E-state index is -0.0658. The lowest BCUT2D eigenvalue weighted by molar-refractivity contribution is -0.145. The van der Waals surface area contributed by atoms with Crippen molar-refractivity contribution in [3.05, 3.63) is 0 Å². The molecule has 0 aromatic heterocycles.